The van der Waals surface area contributed by atoms with Gasteiger partial charge < -0.3 is 9.05 Å². The Kier molecular flexibility index (Phi) is 6.15. The lowest BCUT2D eigenvalue weighted by atomic mass is 10.1. The minimum Gasteiger partial charge on any atom is -0.305 e. The summed E-state index contributed by atoms with van der Waals surface area (Å²) in [6, 6.07) is 10.1. The highest BCUT2D eigenvalue weighted by Crippen LogP contribution is 2.46. The fraction of sp³-hybridized carbons (Fsp3) is 0.286. The molecule has 0 fully saturated rings. The minimum atomic E-state index is -3.29. The summed E-state index contributed by atoms with van der Waals surface area (Å²) in [7, 11) is -3.29. The van der Waals surface area contributed by atoms with E-state index in [1.807, 2.05) is 0 Å². The summed E-state index contributed by atoms with van der Waals surface area (Å²) in [5, 5.41) is 17.8. The number of rotatable bonds is 6. The Labute approximate surface area is 118 Å². The van der Waals surface area contributed by atoms with E-state index in [1.54, 1.807) is 50.3 Å². The van der Waals surface area contributed by atoms with E-state index < -0.39 is 7.60 Å². The third-order valence-electron chi connectivity index (χ3n) is 2.36. The van der Waals surface area contributed by atoms with Gasteiger partial charge in [-0.1, -0.05) is 12.1 Å². The SMILES string of the molecule is CCOP(=O)(OCC)c1ccc(C=C(C#N)C#N)cc1. The van der Waals surface area contributed by atoms with Crippen LogP contribution in [0.1, 0.15) is 19.4 Å². The molecule has 20 heavy (non-hydrogen) atoms. The smallest absolute Gasteiger partial charge is 0.305 e. The summed E-state index contributed by atoms with van der Waals surface area (Å²) in [5.74, 6) is 0. The summed E-state index contributed by atoms with van der Waals surface area (Å²) in [5.41, 5.74) is 0.682. The Morgan fingerprint density at radius 2 is 1.65 bits per heavy atom. The van der Waals surface area contributed by atoms with Crippen LogP contribution < -0.4 is 5.30 Å². The Morgan fingerprint density at radius 3 is 2.05 bits per heavy atom. The summed E-state index contributed by atoms with van der Waals surface area (Å²) < 4.78 is 23.0. The van der Waals surface area contributed by atoms with Gasteiger partial charge in [-0.3, -0.25) is 4.57 Å². The molecule has 0 saturated carbocycles. The van der Waals surface area contributed by atoms with E-state index in [4.69, 9.17) is 19.6 Å². The number of allylic oxidation sites excluding steroid dienone is 1. The van der Waals surface area contributed by atoms with Gasteiger partial charge >= 0.3 is 7.60 Å². The Hall–Kier alpha value is -1.91. The molecule has 0 aliphatic rings. The maximum absolute atomic E-state index is 12.5. The van der Waals surface area contributed by atoms with E-state index in [-0.39, 0.29) is 18.8 Å². The van der Waals surface area contributed by atoms with Crippen LogP contribution in [0.5, 0.6) is 0 Å². The van der Waals surface area contributed by atoms with Gasteiger partial charge in [0.1, 0.15) is 17.7 Å². The second kappa shape index (κ2) is 7.62. The van der Waals surface area contributed by atoms with Gasteiger partial charge in [-0.25, -0.2) is 0 Å². The molecule has 0 aromatic heterocycles. The van der Waals surface area contributed by atoms with E-state index >= 15 is 0 Å². The van der Waals surface area contributed by atoms with Crippen molar-refractivity contribution in [3.63, 3.8) is 0 Å². The highest BCUT2D eigenvalue weighted by atomic mass is 31.2. The predicted octanol–water partition coefficient (Wildman–Crippen LogP) is 3.01. The first-order valence-electron chi connectivity index (χ1n) is 6.11. The van der Waals surface area contributed by atoms with E-state index in [9.17, 15) is 4.57 Å². The lowest BCUT2D eigenvalue weighted by Crippen LogP contribution is -2.10. The maximum Gasteiger partial charge on any atom is 0.361 e. The number of hydrogen-bond donors (Lipinski definition) is 0. The van der Waals surface area contributed by atoms with Gasteiger partial charge in [-0.15, -0.1) is 0 Å². The van der Waals surface area contributed by atoms with Crippen LogP contribution in [0.2, 0.25) is 0 Å². The fourth-order valence-corrected chi connectivity index (χ4v) is 3.10. The molecule has 1 aromatic carbocycles. The molecule has 0 unspecified atom stereocenters. The van der Waals surface area contributed by atoms with Crippen LogP contribution in [-0.2, 0) is 13.6 Å². The van der Waals surface area contributed by atoms with Crippen molar-refractivity contribution in [1.82, 2.24) is 0 Å². The van der Waals surface area contributed by atoms with Crippen molar-refractivity contribution < 1.29 is 13.6 Å². The topological polar surface area (TPSA) is 83.1 Å². The van der Waals surface area contributed by atoms with Gasteiger partial charge in [0.2, 0.25) is 0 Å². The maximum atomic E-state index is 12.5. The number of nitriles is 2. The van der Waals surface area contributed by atoms with Crippen molar-refractivity contribution in [2.24, 2.45) is 0 Å². The Morgan fingerprint density at radius 1 is 1.15 bits per heavy atom. The zero-order valence-electron chi connectivity index (χ0n) is 11.4. The van der Waals surface area contributed by atoms with Crippen molar-refractivity contribution in [3.05, 3.63) is 35.4 Å². The van der Waals surface area contributed by atoms with E-state index in [0.29, 0.717) is 10.9 Å². The highest BCUT2D eigenvalue weighted by Gasteiger charge is 2.26. The van der Waals surface area contributed by atoms with Crippen LogP contribution in [0.25, 0.3) is 6.08 Å². The molecule has 5 nitrogen and oxygen atoms in total. The largest absolute Gasteiger partial charge is 0.361 e. The van der Waals surface area contributed by atoms with Crippen LogP contribution in [0.4, 0.5) is 0 Å². The average Bonchev–Trinajstić information content (AvgIpc) is 2.46. The monoisotopic (exact) mass is 290 g/mol. The first kappa shape index (κ1) is 16.1. The van der Waals surface area contributed by atoms with Crippen LogP contribution in [0.15, 0.2) is 29.8 Å². The van der Waals surface area contributed by atoms with E-state index in [2.05, 4.69) is 0 Å². The first-order valence-corrected chi connectivity index (χ1v) is 7.65. The lowest BCUT2D eigenvalue weighted by Gasteiger charge is -2.17. The molecular weight excluding hydrogens is 275 g/mol. The molecule has 0 aliphatic carbocycles. The molecule has 0 aliphatic heterocycles. The number of nitrogens with zero attached hydrogens (tertiary/aromatic N) is 2. The summed E-state index contributed by atoms with van der Waals surface area (Å²) in [4.78, 5) is 0. The second-order valence-corrected chi connectivity index (χ2v) is 5.73. The molecule has 1 rings (SSSR count). The zero-order valence-corrected chi connectivity index (χ0v) is 12.3. The van der Waals surface area contributed by atoms with Crippen LogP contribution in [0.3, 0.4) is 0 Å². The predicted molar refractivity (Wildman–Crippen MR) is 76.1 cm³/mol. The fourth-order valence-electron chi connectivity index (χ4n) is 1.54. The summed E-state index contributed by atoms with van der Waals surface area (Å²) in [6.45, 7) is 4.06. The Balaban J connectivity index is 3.07. The summed E-state index contributed by atoms with van der Waals surface area (Å²) >= 11 is 0. The van der Waals surface area contributed by atoms with Gasteiger partial charge in [0.15, 0.2) is 0 Å². The first-order chi connectivity index (χ1) is 9.59. The van der Waals surface area contributed by atoms with Crippen molar-refractivity contribution in [1.29, 1.82) is 10.5 Å². The van der Waals surface area contributed by atoms with Gasteiger partial charge in [0, 0.05) is 0 Å². The molecule has 0 heterocycles. The molecule has 0 radical (unpaired) electrons. The molecule has 0 spiro atoms. The second-order valence-electron chi connectivity index (χ2n) is 3.71. The standard InChI is InChI=1S/C14H15N2O3P/c1-3-18-20(17,19-4-2)14-7-5-12(6-8-14)9-13(10-15)11-16/h5-9H,3-4H2,1-2H3. The highest BCUT2D eigenvalue weighted by molar-refractivity contribution is 7.62. The quantitative estimate of drug-likeness (QED) is 0.594. The lowest BCUT2D eigenvalue weighted by molar-refractivity contribution is 0.230. The molecule has 1 aromatic rings. The van der Waals surface area contributed by atoms with Gasteiger partial charge in [-0.2, -0.15) is 10.5 Å². The molecule has 104 valence electrons. The minimum absolute atomic E-state index is 0.00977. The molecule has 0 N–H and O–H groups in total. The van der Waals surface area contributed by atoms with Gasteiger partial charge in [0.05, 0.1) is 18.5 Å². The molecule has 0 amide bonds. The van der Waals surface area contributed by atoms with E-state index in [0.717, 1.165) is 0 Å². The molecule has 0 atom stereocenters. The van der Waals surface area contributed by atoms with Crippen molar-refractivity contribution in [2.75, 3.05) is 13.2 Å². The number of benzene rings is 1. The normalized spacial score (nSPS) is 10.4. The van der Waals surface area contributed by atoms with Crippen molar-refractivity contribution in [2.45, 2.75) is 13.8 Å². The third kappa shape index (κ3) is 4.05. The average molecular weight is 290 g/mol. The van der Waals surface area contributed by atoms with Crippen LogP contribution in [0, 0.1) is 22.7 Å². The molecule has 6 heteroatoms. The van der Waals surface area contributed by atoms with Gasteiger partial charge in [-0.05, 0) is 37.6 Å². The molecule has 0 saturated heterocycles. The van der Waals surface area contributed by atoms with Crippen molar-refractivity contribution in [3.8, 4) is 12.1 Å². The molecule has 0 bridgehead atoms. The van der Waals surface area contributed by atoms with Gasteiger partial charge in [0.25, 0.3) is 0 Å². The number of hydrogen-bond acceptors (Lipinski definition) is 5. The summed E-state index contributed by atoms with van der Waals surface area (Å²) in [6.07, 6.45) is 1.45. The van der Waals surface area contributed by atoms with E-state index in [1.165, 1.54) is 6.08 Å². The zero-order chi connectivity index (χ0) is 15.0. The third-order valence-corrected chi connectivity index (χ3v) is 4.49. The Bertz CT molecular complexity index is 583. The van der Waals surface area contributed by atoms with Crippen LogP contribution >= 0.6 is 7.60 Å². The van der Waals surface area contributed by atoms with Crippen LogP contribution in [-0.4, -0.2) is 13.2 Å². The molecular formula is C14H15N2O3P. The van der Waals surface area contributed by atoms with Crippen molar-refractivity contribution >= 4 is 19.0 Å².